The number of unbranched alkanes of at least 4 members (excludes halogenated alkanes) is 2. The molecule has 1 N–H and O–H groups in total. The fourth-order valence-electron chi connectivity index (χ4n) is 1.98. The number of methoxy groups -OCH3 is 1. The average molecular weight is 265 g/mol. The van der Waals surface area contributed by atoms with E-state index in [1.54, 1.807) is 12.0 Å². The number of aliphatic hydroxyl groups excluding tert-OH is 1. The van der Waals surface area contributed by atoms with Gasteiger partial charge in [0.25, 0.3) is 0 Å². The SMILES string of the molecule is CCC(=O)N(CCCCCO)c1ccccc1OC. The molecule has 0 aliphatic carbocycles. The molecule has 0 bridgehead atoms. The van der Waals surface area contributed by atoms with Gasteiger partial charge in [0.15, 0.2) is 0 Å². The van der Waals surface area contributed by atoms with Crippen LogP contribution in [0, 0.1) is 0 Å². The highest BCUT2D eigenvalue weighted by atomic mass is 16.5. The highest BCUT2D eigenvalue weighted by Gasteiger charge is 2.16. The van der Waals surface area contributed by atoms with Crippen molar-refractivity contribution in [3.05, 3.63) is 24.3 Å². The van der Waals surface area contributed by atoms with E-state index in [4.69, 9.17) is 9.84 Å². The zero-order valence-corrected chi connectivity index (χ0v) is 11.8. The molecule has 0 spiro atoms. The van der Waals surface area contributed by atoms with Crippen LogP contribution in [0.5, 0.6) is 5.75 Å². The molecule has 0 heterocycles. The first-order valence-electron chi connectivity index (χ1n) is 6.78. The van der Waals surface area contributed by atoms with Crippen molar-refractivity contribution in [3.8, 4) is 5.75 Å². The Morgan fingerprint density at radius 1 is 1.26 bits per heavy atom. The molecule has 0 unspecified atom stereocenters. The lowest BCUT2D eigenvalue weighted by molar-refractivity contribution is -0.118. The standard InChI is InChI=1S/C15H23NO3/c1-3-15(18)16(11-7-4-8-12-17)13-9-5-6-10-14(13)19-2/h5-6,9-10,17H,3-4,7-8,11-12H2,1-2H3. The van der Waals surface area contributed by atoms with Gasteiger partial charge in [-0.25, -0.2) is 0 Å². The molecule has 0 radical (unpaired) electrons. The Balaban J connectivity index is 2.81. The maximum Gasteiger partial charge on any atom is 0.226 e. The van der Waals surface area contributed by atoms with Crippen LogP contribution in [-0.4, -0.2) is 31.3 Å². The highest BCUT2D eigenvalue weighted by molar-refractivity contribution is 5.94. The second-order valence-electron chi connectivity index (χ2n) is 4.36. The van der Waals surface area contributed by atoms with Crippen LogP contribution >= 0.6 is 0 Å². The highest BCUT2D eigenvalue weighted by Crippen LogP contribution is 2.28. The predicted molar refractivity (Wildman–Crippen MR) is 76.6 cm³/mol. The van der Waals surface area contributed by atoms with Crippen molar-refractivity contribution in [2.75, 3.05) is 25.2 Å². The summed E-state index contributed by atoms with van der Waals surface area (Å²) >= 11 is 0. The smallest absolute Gasteiger partial charge is 0.226 e. The van der Waals surface area contributed by atoms with Crippen molar-refractivity contribution in [1.29, 1.82) is 0 Å². The summed E-state index contributed by atoms with van der Waals surface area (Å²) in [5, 5.41) is 8.79. The zero-order valence-electron chi connectivity index (χ0n) is 11.8. The van der Waals surface area contributed by atoms with E-state index in [9.17, 15) is 4.79 Å². The first-order valence-corrected chi connectivity index (χ1v) is 6.78. The molecule has 4 heteroatoms. The predicted octanol–water partition coefficient (Wildman–Crippen LogP) is 2.60. The number of amides is 1. The van der Waals surface area contributed by atoms with E-state index in [-0.39, 0.29) is 12.5 Å². The monoisotopic (exact) mass is 265 g/mol. The first-order chi connectivity index (χ1) is 9.24. The molecule has 0 fully saturated rings. The van der Waals surface area contributed by atoms with E-state index < -0.39 is 0 Å². The molecule has 19 heavy (non-hydrogen) atoms. The van der Waals surface area contributed by atoms with Crippen LogP contribution in [0.25, 0.3) is 0 Å². The molecule has 0 aliphatic heterocycles. The summed E-state index contributed by atoms with van der Waals surface area (Å²) in [6.45, 7) is 2.72. The number of rotatable bonds is 8. The number of nitrogens with zero attached hydrogens (tertiary/aromatic N) is 1. The molecule has 0 aromatic heterocycles. The molecule has 4 nitrogen and oxygen atoms in total. The van der Waals surface area contributed by atoms with Gasteiger partial charge in [-0.05, 0) is 31.4 Å². The number of ether oxygens (including phenoxy) is 1. The van der Waals surface area contributed by atoms with Crippen LogP contribution in [0.15, 0.2) is 24.3 Å². The minimum Gasteiger partial charge on any atom is -0.495 e. The third-order valence-corrected chi connectivity index (χ3v) is 3.02. The van der Waals surface area contributed by atoms with Crippen LogP contribution in [0.1, 0.15) is 32.6 Å². The minimum absolute atomic E-state index is 0.0912. The quantitative estimate of drug-likeness (QED) is 0.735. The molecular formula is C15H23NO3. The summed E-state index contributed by atoms with van der Waals surface area (Å²) in [7, 11) is 1.61. The lowest BCUT2D eigenvalue weighted by Crippen LogP contribution is -2.31. The van der Waals surface area contributed by atoms with Crippen molar-refractivity contribution in [3.63, 3.8) is 0 Å². The number of carbonyl (C=O) groups is 1. The average Bonchev–Trinajstić information content (AvgIpc) is 2.46. The third-order valence-electron chi connectivity index (χ3n) is 3.02. The summed E-state index contributed by atoms with van der Waals surface area (Å²) in [5.41, 5.74) is 0.820. The van der Waals surface area contributed by atoms with E-state index in [0.29, 0.717) is 18.7 Å². The Hall–Kier alpha value is -1.55. The summed E-state index contributed by atoms with van der Waals surface area (Å²) < 4.78 is 5.31. The lowest BCUT2D eigenvalue weighted by Gasteiger charge is -2.24. The number of para-hydroxylation sites is 2. The summed E-state index contributed by atoms with van der Waals surface area (Å²) in [6, 6.07) is 7.56. The van der Waals surface area contributed by atoms with Crippen LogP contribution in [-0.2, 0) is 4.79 Å². The van der Waals surface area contributed by atoms with Gasteiger partial charge in [0, 0.05) is 19.6 Å². The van der Waals surface area contributed by atoms with Gasteiger partial charge >= 0.3 is 0 Å². The van der Waals surface area contributed by atoms with Gasteiger partial charge in [0.2, 0.25) is 5.91 Å². The summed E-state index contributed by atoms with van der Waals surface area (Å²) in [6.07, 6.45) is 3.04. The van der Waals surface area contributed by atoms with E-state index in [1.165, 1.54) is 0 Å². The number of aliphatic hydroxyl groups is 1. The van der Waals surface area contributed by atoms with Crippen LogP contribution in [0.2, 0.25) is 0 Å². The van der Waals surface area contributed by atoms with E-state index in [1.807, 2.05) is 31.2 Å². The van der Waals surface area contributed by atoms with Crippen molar-refractivity contribution in [2.45, 2.75) is 32.6 Å². The minimum atomic E-state index is 0.0912. The van der Waals surface area contributed by atoms with Crippen molar-refractivity contribution < 1.29 is 14.6 Å². The Kier molecular flexibility index (Phi) is 6.97. The van der Waals surface area contributed by atoms with E-state index >= 15 is 0 Å². The van der Waals surface area contributed by atoms with Crippen LogP contribution in [0.4, 0.5) is 5.69 Å². The fraction of sp³-hybridized carbons (Fsp3) is 0.533. The van der Waals surface area contributed by atoms with Gasteiger partial charge < -0.3 is 14.7 Å². The van der Waals surface area contributed by atoms with Gasteiger partial charge in [-0.2, -0.15) is 0 Å². The lowest BCUT2D eigenvalue weighted by atomic mass is 10.2. The van der Waals surface area contributed by atoms with Crippen LogP contribution in [0.3, 0.4) is 0 Å². The molecule has 1 rings (SSSR count). The van der Waals surface area contributed by atoms with E-state index in [2.05, 4.69) is 0 Å². The topological polar surface area (TPSA) is 49.8 Å². The Labute approximate surface area is 115 Å². The maximum atomic E-state index is 12.1. The fourth-order valence-corrected chi connectivity index (χ4v) is 1.98. The first kappa shape index (κ1) is 15.5. The number of hydrogen-bond donors (Lipinski definition) is 1. The van der Waals surface area contributed by atoms with Gasteiger partial charge in [0.1, 0.15) is 5.75 Å². The van der Waals surface area contributed by atoms with Gasteiger partial charge in [-0.1, -0.05) is 19.1 Å². The van der Waals surface area contributed by atoms with Gasteiger partial charge in [-0.15, -0.1) is 0 Å². The molecular weight excluding hydrogens is 242 g/mol. The van der Waals surface area contributed by atoms with Crippen molar-refractivity contribution in [2.24, 2.45) is 0 Å². The summed E-state index contributed by atoms with van der Waals surface area (Å²) in [5.74, 6) is 0.806. The zero-order chi connectivity index (χ0) is 14.1. The number of carbonyl (C=O) groups excluding carboxylic acids is 1. The van der Waals surface area contributed by atoms with Gasteiger partial charge in [-0.3, -0.25) is 4.79 Å². The number of anilines is 1. The number of benzene rings is 1. The Morgan fingerprint density at radius 2 is 2.00 bits per heavy atom. The summed E-state index contributed by atoms with van der Waals surface area (Å²) in [4.78, 5) is 13.8. The molecule has 0 saturated carbocycles. The Bertz CT molecular complexity index is 393. The normalized spacial score (nSPS) is 10.3. The molecule has 1 aromatic rings. The molecule has 0 atom stereocenters. The molecule has 0 aliphatic rings. The van der Waals surface area contributed by atoms with Crippen molar-refractivity contribution in [1.82, 2.24) is 0 Å². The van der Waals surface area contributed by atoms with Crippen molar-refractivity contribution >= 4 is 11.6 Å². The second kappa shape index (κ2) is 8.53. The Morgan fingerprint density at radius 3 is 2.63 bits per heavy atom. The third kappa shape index (κ3) is 4.56. The molecule has 1 amide bonds. The largest absolute Gasteiger partial charge is 0.495 e. The number of hydrogen-bond acceptors (Lipinski definition) is 3. The molecule has 1 aromatic carbocycles. The van der Waals surface area contributed by atoms with Crippen LogP contribution < -0.4 is 9.64 Å². The molecule has 106 valence electrons. The van der Waals surface area contributed by atoms with Gasteiger partial charge in [0.05, 0.1) is 12.8 Å². The van der Waals surface area contributed by atoms with E-state index in [0.717, 1.165) is 24.9 Å². The maximum absolute atomic E-state index is 12.1. The molecule has 0 saturated heterocycles. The second-order valence-corrected chi connectivity index (χ2v) is 4.36.